The van der Waals surface area contributed by atoms with Crippen molar-refractivity contribution in [2.24, 2.45) is 0 Å². The van der Waals surface area contributed by atoms with E-state index in [1.54, 1.807) is 14.2 Å². The summed E-state index contributed by atoms with van der Waals surface area (Å²) in [5.41, 5.74) is 5.99. The average Bonchev–Trinajstić information content (AvgIpc) is 2.81. The van der Waals surface area contributed by atoms with E-state index < -0.39 is 5.97 Å². The second-order valence-electron chi connectivity index (χ2n) is 4.40. The molecule has 19 heavy (non-hydrogen) atoms. The lowest BCUT2D eigenvalue weighted by Gasteiger charge is -2.19. The number of carboxylic acids is 1. The molecule has 3 N–H and O–H groups in total. The Hall–Kier alpha value is -1.86. The third kappa shape index (κ3) is 2.61. The SMILES string of the molecule is COC1CN(c2ncc(N)cc2C(=O)O)CC1OC. The first-order valence-corrected chi connectivity index (χ1v) is 5.86. The first kappa shape index (κ1) is 13.6. The highest BCUT2D eigenvalue weighted by molar-refractivity contribution is 5.94. The molecule has 2 unspecified atom stereocenters. The van der Waals surface area contributed by atoms with E-state index in [0.29, 0.717) is 24.6 Å². The van der Waals surface area contributed by atoms with Crippen LogP contribution in [0.25, 0.3) is 0 Å². The quantitative estimate of drug-likeness (QED) is 0.804. The van der Waals surface area contributed by atoms with Crippen LogP contribution in [0.2, 0.25) is 0 Å². The Kier molecular flexibility index (Phi) is 3.87. The van der Waals surface area contributed by atoms with Gasteiger partial charge in [0.15, 0.2) is 0 Å². The summed E-state index contributed by atoms with van der Waals surface area (Å²) in [7, 11) is 3.21. The van der Waals surface area contributed by atoms with Gasteiger partial charge in [0.2, 0.25) is 0 Å². The molecule has 2 rings (SSSR count). The minimum Gasteiger partial charge on any atom is -0.478 e. The van der Waals surface area contributed by atoms with E-state index in [4.69, 9.17) is 15.2 Å². The van der Waals surface area contributed by atoms with Crippen molar-refractivity contribution in [3.63, 3.8) is 0 Å². The summed E-state index contributed by atoms with van der Waals surface area (Å²) in [4.78, 5) is 17.2. The Morgan fingerprint density at radius 2 is 2.00 bits per heavy atom. The predicted molar refractivity (Wildman–Crippen MR) is 69.4 cm³/mol. The normalized spacial score (nSPS) is 22.7. The van der Waals surface area contributed by atoms with Crippen LogP contribution in [0.5, 0.6) is 0 Å². The lowest BCUT2D eigenvalue weighted by atomic mass is 10.2. The smallest absolute Gasteiger partial charge is 0.339 e. The van der Waals surface area contributed by atoms with Gasteiger partial charge in [0.25, 0.3) is 0 Å². The standard InChI is InChI=1S/C12H17N3O4/c1-18-9-5-15(6-10(9)19-2)11-8(12(16)17)3-7(13)4-14-11/h3-4,9-10H,5-6,13H2,1-2H3,(H,16,17). The molecule has 1 aliphatic rings. The molecule has 1 aromatic rings. The van der Waals surface area contributed by atoms with Crippen LogP contribution >= 0.6 is 0 Å². The van der Waals surface area contributed by atoms with Crippen molar-refractivity contribution in [1.82, 2.24) is 4.98 Å². The van der Waals surface area contributed by atoms with Crippen molar-refractivity contribution in [3.05, 3.63) is 17.8 Å². The highest BCUT2D eigenvalue weighted by Crippen LogP contribution is 2.26. The molecule has 0 bridgehead atoms. The van der Waals surface area contributed by atoms with Crippen molar-refractivity contribution in [2.45, 2.75) is 12.2 Å². The molecule has 0 aliphatic carbocycles. The number of aromatic nitrogens is 1. The molecule has 1 fully saturated rings. The number of aromatic carboxylic acids is 1. The van der Waals surface area contributed by atoms with Gasteiger partial charge in [-0.2, -0.15) is 0 Å². The summed E-state index contributed by atoms with van der Waals surface area (Å²) in [5.74, 6) is -0.659. The Morgan fingerprint density at radius 3 is 2.47 bits per heavy atom. The van der Waals surface area contributed by atoms with E-state index in [1.165, 1.54) is 12.3 Å². The molecule has 0 radical (unpaired) electrons. The molecule has 0 saturated carbocycles. The van der Waals surface area contributed by atoms with Gasteiger partial charge in [-0.05, 0) is 6.07 Å². The zero-order valence-electron chi connectivity index (χ0n) is 10.9. The highest BCUT2D eigenvalue weighted by Gasteiger charge is 2.35. The van der Waals surface area contributed by atoms with E-state index in [1.807, 2.05) is 4.90 Å². The van der Waals surface area contributed by atoms with Gasteiger partial charge in [0.1, 0.15) is 23.6 Å². The fraction of sp³-hybridized carbons (Fsp3) is 0.500. The van der Waals surface area contributed by atoms with Crippen LogP contribution in [0, 0.1) is 0 Å². The number of hydrogen-bond donors (Lipinski definition) is 2. The van der Waals surface area contributed by atoms with E-state index in [0.717, 1.165) is 0 Å². The van der Waals surface area contributed by atoms with Crippen LogP contribution in [0.3, 0.4) is 0 Å². The molecule has 2 heterocycles. The monoisotopic (exact) mass is 267 g/mol. The van der Waals surface area contributed by atoms with Crippen LogP contribution in [0.4, 0.5) is 11.5 Å². The molecule has 2 atom stereocenters. The van der Waals surface area contributed by atoms with Crippen molar-refractivity contribution < 1.29 is 19.4 Å². The number of nitrogen functional groups attached to an aromatic ring is 1. The minimum atomic E-state index is -1.05. The van der Waals surface area contributed by atoms with Crippen molar-refractivity contribution >= 4 is 17.5 Å². The fourth-order valence-electron chi connectivity index (χ4n) is 2.25. The van der Waals surface area contributed by atoms with E-state index in [-0.39, 0.29) is 17.8 Å². The van der Waals surface area contributed by atoms with E-state index >= 15 is 0 Å². The molecule has 7 heteroatoms. The molecule has 104 valence electrons. The predicted octanol–water partition coefficient (Wildman–Crippen LogP) is 0.212. The maximum atomic E-state index is 11.2. The lowest BCUT2D eigenvalue weighted by Crippen LogP contribution is -2.27. The van der Waals surface area contributed by atoms with Gasteiger partial charge in [-0.3, -0.25) is 0 Å². The third-order valence-corrected chi connectivity index (χ3v) is 3.24. The topological polar surface area (TPSA) is 97.9 Å². The van der Waals surface area contributed by atoms with Crippen LogP contribution in [0.15, 0.2) is 12.3 Å². The number of rotatable bonds is 4. The Labute approximate surface area is 110 Å². The van der Waals surface area contributed by atoms with E-state index in [9.17, 15) is 9.90 Å². The number of ether oxygens (including phenoxy) is 2. The molecule has 0 spiro atoms. The molecular weight excluding hydrogens is 250 g/mol. The fourth-order valence-corrected chi connectivity index (χ4v) is 2.25. The lowest BCUT2D eigenvalue weighted by molar-refractivity contribution is -0.00461. The maximum absolute atomic E-state index is 11.2. The van der Waals surface area contributed by atoms with E-state index in [2.05, 4.69) is 4.98 Å². The number of nitrogens with two attached hydrogens (primary N) is 1. The van der Waals surface area contributed by atoms with Crippen LogP contribution < -0.4 is 10.6 Å². The summed E-state index contributed by atoms with van der Waals surface area (Å²) in [5, 5.41) is 9.21. The van der Waals surface area contributed by atoms with Gasteiger partial charge < -0.3 is 25.2 Å². The van der Waals surface area contributed by atoms with Gasteiger partial charge >= 0.3 is 5.97 Å². The number of methoxy groups -OCH3 is 2. The summed E-state index contributed by atoms with van der Waals surface area (Å²) in [6.45, 7) is 1.07. The number of carboxylic acid groups (broad SMARTS) is 1. The van der Waals surface area contributed by atoms with Crippen LogP contribution in [-0.2, 0) is 9.47 Å². The molecule has 1 saturated heterocycles. The molecule has 7 nitrogen and oxygen atoms in total. The van der Waals surface area contributed by atoms with Gasteiger partial charge in [0.05, 0.1) is 11.9 Å². The second kappa shape index (κ2) is 5.41. The zero-order valence-corrected chi connectivity index (χ0v) is 10.9. The molecule has 0 amide bonds. The number of anilines is 2. The molecule has 1 aliphatic heterocycles. The third-order valence-electron chi connectivity index (χ3n) is 3.24. The van der Waals surface area contributed by atoms with Gasteiger partial charge in [-0.25, -0.2) is 9.78 Å². The van der Waals surface area contributed by atoms with Crippen molar-refractivity contribution in [2.75, 3.05) is 37.9 Å². The first-order chi connectivity index (χ1) is 9.06. The number of hydrogen-bond acceptors (Lipinski definition) is 6. The van der Waals surface area contributed by atoms with Gasteiger partial charge in [-0.15, -0.1) is 0 Å². The van der Waals surface area contributed by atoms with Crippen LogP contribution in [-0.4, -0.2) is 55.6 Å². The summed E-state index contributed by atoms with van der Waals surface area (Å²) in [6, 6.07) is 1.41. The number of pyridine rings is 1. The van der Waals surface area contributed by atoms with Crippen molar-refractivity contribution in [1.29, 1.82) is 0 Å². The molecule has 1 aromatic heterocycles. The average molecular weight is 267 g/mol. The molecular formula is C12H17N3O4. The Bertz CT molecular complexity index is 468. The maximum Gasteiger partial charge on any atom is 0.339 e. The Balaban J connectivity index is 2.30. The summed E-state index contributed by atoms with van der Waals surface area (Å²) >= 11 is 0. The first-order valence-electron chi connectivity index (χ1n) is 5.86. The van der Waals surface area contributed by atoms with Crippen molar-refractivity contribution in [3.8, 4) is 0 Å². The highest BCUT2D eigenvalue weighted by atomic mass is 16.5. The second-order valence-corrected chi connectivity index (χ2v) is 4.40. The molecule has 0 aromatic carbocycles. The minimum absolute atomic E-state index is 0.0895. The van der Waals surface area contributed by atoms with Crippen LogP contribution in [0.1, 0.15) is 10.4 Å². The number of carbonyl (C=O) groups is 1. The largest absolute Gasteiger partial charge is 0.478 e. The Morgan fingerprint density at radius 1 is 1.42 bits per heavy atom. The summed E-state index contributed by atoms with van der Waals surface area (Å²) in [6.07, 6.45) is 1.24. The van der Waals surface area contributed by atoms with Gasteiger partial charge in [0, 0.05) is 27.3 Å². The zero-order chi connectivity index (χ0) is 14.0. The van der Waals surface area contributed by atoms with Gasteiger partial charge in [-0.1, -0.05) is 0 Å². The summed E-state index contributed by atoms with van der Waals surface area (Å²) < 4.78 is 10.6. The number of nitrogens with zero attached hydrogens (tertiary/aromatic N) is 2.